The smallest absolute Gasteiger partial charge is 0.241 e. The molecule has 1 rings (SSSR count). The average Bonchev–Trinajstić information content (AvgIpc) is 2.36. The molecule has 0 saturated heterocycles. The highest BCUT2D eigenvalue weighted by Gasteiger charge is 2.18. The molecule has 0 spiro atoms. The molecule has 0 heterocycles. The molecule has 7 heteroatoms. The Kier molecular flexibility index (Phi) is 6.07. The van der Waals surface area contributed by atoms with Gasteiger partial charge < -0.3 is 4.74 Å². The number of hydrogen-bond donors (Lipinski definition) is 1. The third-order valence-corrected chi connectivity index (χ3v) is 5.13. The summed E-state index contributed by atoms with van der Waals surface area (Å²) in [6.07, 6.45) is -0.185. The average molecular weight is 357 g/mol. The normalized spacial score (nSPS) is 13.6. The van der Waals surface area contributed by atoms with Crippen LogP contribution >= 0.6 is 27.5 Å². The first-order valence-corrected chi connectivity index (χ1v) is 8.08. The van der Waals surface area contributed by atoms with Crippen LogP contribution in [0.4, 0.5) is 0 Å². The molecule has 1 aromatic rings. The summed E-state index contributed by atoms with van der Waals surface area (Å²) in [4.78, 5) is 0.184. The van der Waals surface area contributed by atoms with Gasteiger partial charge in [0.15, 0.2) is 0 Å². The van der Waals surface area contributed by atoms with Crippen LogP contribution in [0, 0.1) is 0 Å². The molecular weight excluding hydrogens is 342 g/mol. The summed E-state index contributed by atoms with van der Waals surface area (Å²) >= 11 is 8.93. The van der Waals surface area contributed by atoms with Gasteiger partial charge in [-0.15, -0.1) is 11.6 Å². The van der Waals surface area contributed by atoms with E-state index in [1.165, 1.54) is 7.11 Å². The number of ether oxygens (including phenoxy) is 1. The van der Waals surface area contributed by atoms with Crippen LogP contribution in [0.2, 0.25) is 0 Å². The standard InChI is InChI=1S/C11H15BrClNO3S/c1-8(17-2)7-14-18(15,16)11-5-9(6-13)3-4-10(11)12/h3-5,8,14H,6-7H2,1-2H3. The third kappa shape index (κ3) is 4.20. The summed E-state index contributed by atoms with van der Waals surface area (Å²) in [6.45, 7) is 2.00. The van der Waals surface area contributed by atoms with E-state index in [9.17, 15) is 8.42 Å². The lowest BCUT2D eigenvalue weighted by Crippen LogP contribution is -2.31. The van der Waals surface area contributed by atoms with E-state index in [1.54, 1.807) is 25.1 Å². The van der Waals surface area contributed by atoms with E-state index in [-0.39, 0.29) is 23.4 Å². The largest absolute Gasteiger partial charge is 0.380 e. The summed E-state index contributed by atoms with van der Waals surface area (Å²) in [7, 11) is -2.03. The Hall–Kier alpha value is -0.140. The van der Waals surface area contributed by atoms with Gasteiger partial charge in [0.05, 0.1) is 11.0 Å². The van der Waals surface area contributed by atoms with Crippen LogP contribution in [0.5, 0.6) is 0 Å². The first-order chi connectivity index (χ1) is 8.40. The van der Waals surface area contributed by atoms with E-state index in [4.69, 9.17) is 16.3 Å². The van der Waals surface area contributed by atoms with E-state index in [1.807, 2.05) is 0 Å². The van der Waals surface area contributed by atoms with Crippen molar-refractivity contribution in [3.8, 4) is 0 Å². The zero-order valence-corrected chi connectivity index (χ0v) is 13.3. The Morgan fingerprint density at radius 3 is 2.72 bits per heavy atom. The van der Waals surface area contributed by atoms with Gasteiger partial charge in [-0.25, -0.2) is 13.1 Å². The first kappa shape index (κ1) is 15.9. The van der Waals surface area contributed by atoms with Gasteiger partial charge in [-0.05, 0) is 40.5 Å². The van der Waals surface area contributed by atoms with Gasteiger partial charge in [0.25, 0.3) is 0 Å². The van der Waals surface area contributed by atoms with Gasteiger partial charge in [-0.3, -0.25) is 0 Å². The fourth-order valence-electron chi connectivity index (χ4n) is 1.22. The lowest BCUT2D eigenvalue weighted by molar-refractivity contribution is 0.122. The van der Waals surface area contributed by atoms with E-state index in [0.717, 1.165) is 5.56 Å². The monoisotopic (exact) mass is 355 g/mol. The van der Waals surface area contributed by atoms with Gasteiger partial charge in [-0.2, -0.15) is 0 Å². The molecule has 0 radical (unpaired) electrons. The van der Waals surface area contributed by atoms with Crippen molar-refractivity contribution in [1.29, 1.82) is 0 Å². The number of methoxy groups -OCH3 is 1. The van der Waals surface area contributed by atoms with Crippen LogP contribution < -0.4 is 4.72 Å². The topological polar surface area (TPSA) is 55.4 Å². The Morgan fingerprint density at radius 2 is 2.17 bits per heavy atom. The van der Waals surface area contributed by atoms with Crippen LogP contribution in [-0.4, -0.2) is 28.2 Å². The molecule has 18 heavy (non-hydrogen) atoms. The van der Waals surface area contributed by atoms with E-state index < -0.39 is 10.0 Å². The Bertz CT molecular complexity index is 507. The van der Waals surface area contributed by atoms with Crippen molar-refractivity contribution < 1.29 is 13.2 Å². The maximum Gasteiger partial charge on any atom is 0.241 e. The maximum absolute atomic E-state index is 12.1. The second-order valence-corrected chi connectivity index (χ2v) is 6.65. The van der Waals surface area contributed by atoms with Gasteiger partial charge in [0, 0.05) is 24.0 Å². The van der Waals surface area contributed by atoms with Crippen molar-refractivity contribution in [1.82, 2.24) is 4.72 Å². The molecule has 0 aromatic heterocycles. The minimum absolute atomic E-state index is 0.184. The molecule has 1 N–H and O–H groups in total. The predicted octanol–water partition coefficient (Wildman–Crippen LogP) is 2.50. The van der Waals surface area contributed by atoms with E-state index in [0.29, 0.717) is 4.47 Å². The molecule has 1 atom stereocenters. The highest BCUT2D eigenvalue weighted by Crippen LogP contribution is 2.23. The predicted molar refractivity (Wildman–Crippen MR) is 75.4 cm³/mol. The molecule has 0 aliphatic rings. The molecule has 1 aromatic carbocycles. The number of benzene rings is 1. The van der Waals surface area contributed by atoms with Gasteiger partial charge >= 0.3 is 0 Å². The lowest BCUT2D eigenvalue weighted by Gasteiger charge is -2.13. The number of halogens is 2. The number of alkyl halides is 1. The number of rotatable bonds is 6. The second kappa shape index (κ2) is 6.86. The SMILES string of the molecule is COC(C)CNS(=O)(=O)c1cc(CCl)ccc1Br. The van der Waals surface area contributed by atoms with Crippen LogP contribution in [0.1, 0.15) is 12.5 Å². The van der Waals surface area contributed by atoms with Crippen molar-refractivity contribution in [2.75, 3.05) is 13.7 Å². The molecule has 0 saturated carbocycles. The minimum atomic E-state index is -3.56. The number of sulfonamides is 1. The molecule has 0 aliphatic carbocycles. The maximum atomic E-state index is 12.1. The van der Waals surface area contributed by atoms with E-state index in [2.05, 4.69) is 20.7 Å². The quantitative estimate of drug-likeness (QED) is 0.797. The summed E-state index contributed by atoms with van der Waals surface area (Å²) in [5.74, 6) is 0.268. The molecule has 0 fully saturated rings. The van der Waals surface area contributed by atoms with Crippen molar-refractivity contribution in [2.24, 2.45) is 0 Å². The highest BCUT2D eigenvalue weighted by atomic mass is 79.9. The second-order valence-electron chi connectivity index (χ2n) is 3.80. The number of nitrogens with one attached hydrogen (secondary N) is 1. The van der Waals surface area contributed by atoms with Crippen LogP contribution in [-0.2, 0) is 20.6 Å². The molecule has 1 unspecified atom stereocenters. The molecule has 0 bridgehead atoms. The van der Waals surface area contributed by atoms with Crippen molar-refractivity contribution in [3.05, 3.63) is 28.2 Å². The highest BCUT2D eigenvalue weighted by molar-refractivity contribution is 9.10. The Labute approximate surface area is 121 Å². The summed E-state index contributed by atoms with van der Waals surface area (Å²) < 4.78 is 32.2. The summed E-state index contributed by atoms with van der Waals surface area (Å²) in [5.41, 5.74) is 0.750. The van der Waals surface area contributed by atoms with E-state index >= 15 is 0 Å². The zero-order valence-electron chi connectivity index (χ0n) is 10.1. The number of hydrogen-bond acceptors (Lipinski definition) is 3. The van der Waals surface area contributed by atoms with Gasteiger partial charge in [0.1, 0.15) is 0 Å². The Morgan fingerprint density at radius 1 is 1.50 bits per heavy atom. The van der Waals surface area contributed by atoms with Crippen LogP contribution in [0.25, 0.3) is 0 Å². The lowest BCUT2D eigenvalue weighted by atomic mass is 10.2. The first-order valence-electron chi connectivity index (χ1n) is 5.27. The molecule has 0 aliphatic heterocycles. The molecule has 102 valence electrons. The molecule has 4 nitrogen and oxygen atoms in total. The molecule has 0 amide bonds. The third-order valence-electron chi connectivity index (χ3n) is 2.40. The fourth-order valence-corrected chi connectivity index (χ4v) is 3.52. The van der Waals surface area contributed by atoms with Crippen LogP contribution in [0.3, 0.4) is 0 Å². The molecular formula is C11H15BrClNO3S. The van der Waals surface area contributed by atoms with Gasteiger partial charge in [0.2, 0.25) is 10.0 Å². The van der Waals surface area contributed by atoms with Crippen LogP contribution in [0.15, 0.2) is 27.6 Å². The summed E-state index contributed by atoms with van der Waals surface area (Å²) in [5, 5.41) is 0. The fraction of sp³-hybridized carbons (Fsp3) is 0.455. The van der Waals surface area contributed by atoms with Crippen molar-refractivity contribution in [3.63, 3.8) is 0 Å². The summed E-state index contributed by atoms with van der Waals surface area (Å²) in [6, 6.07) is 5.00. The van der Waals surface area contributed by atoms with Gasteiger partial charge in [-0.1, -0.05) is 6.07 Å². The zero-order chi connectivity index (χ0) is 13.8. The Balaban J connectivity index is 2.97. The van der Waals surface area contributed by atoms with Crippen molar-refractivity contribution >= 4 is 37.6 Å². The minimum Gasteiger partial charge on any atom is -0.380 e. The van der Waals surface area contributed by atoms with Crippen molar-refractivity contribution in [2.45, 2.75) is 23.8 Å².